The van der Waals surface area contributed by atoms with Gasteiger partial charge in [0.2, 0.25) is 5.91 Å². The first-order valence-corrected chi connectivity index (χ1v) is 6.75. The van der Waals surface area contributed by atoms with Gasteiger partial charge in [-0.1, -0.05) is 41.9 Å². The summed E-state index contributed by atoms with van der Waals surface area (Å²) in [7, 11) is 0. The summed E-state index contributed by atoms with van der Waals surface area (Å²) >= 11 is 13.1. The maximum Gasteiger partial charge on any atom is 0.239 e. The van der Waals surface area contributed by atoms with E-state index in [0.717, 1.165) is 6.42 Å². The van der Waals surface area contributed by atoms with Crippen molar-refractivity contribution in [2.75, 3.05) is 0 Å². The summed E-state index contributed by atoms with van der Waals surface area (Å²) in [6.07, 6.45) is 0.789. The van der Waals surface area contributed by atoms with Gasteiger partial charge in [0.15, 0.2) is 5.17 Å². The molecule has 0 bridgehead atoms. The molecule has 1 aromatic carbocycles. The van der Waals surface area contributed by atoms with Crippen LogP contribution in [0.1, 0.15) is 13.3 Å². The van der Waals surface area contributed by atoms with E-state index in [1.54, 1.807) is 18.2 Å². The fourth-order valence-corrected chi connectivity index (χ4v) is 2.61. The molecule has 1 N–H and O–H groups in total. The van der Waals surface area contributed by atoms with E-state index in [0.29, 0.717) is 20.9 Å². The van der Waals surface area contributed by atoms with Gasteiger partial charge >= 0.3 is 0 Å². The monoisotopic (exact) mass is 288 g/mol. The lowest BCUT2D eigenvalue weighted by Crippen LogP contribution is -2.24. The molecule has 0 aromatic heterocycles. The number of halogens is 2. The average Bonchev–Trinajstić information content (AvgIpc) is 2.64. The number of aliphatic imine (C=N–C) groups is 1. The first-order valence-electron chi connectivity index (χ1n) is 5.11. The van der Waals surface area contributed by atoms with Gasteiger partial charge < -0.3 is 5.32 Å². The van der Waals surface area contributed by atoms with Crippen LogP contribution in [0.5, 0.6) is 0 Å². The van der Waals surface area contributed by atoms with E-state index >= 15 is 0 Å². The molecule has 0 aliphatic carbocycles. The lowest BCUT2D eigenvalue weighted by Gasteiger charge is -1.99. The Balaban J connectivity index is 2.20. The maximum absolute atomic E-state index is 11.5. The molecule has 0 spiro atoms. The molecule has 0 radical (unpaired) electrons. The van der Waals surface area contributed by atoms with E-state index in [4.69, 9.17) is 23.2 Å². The second-order valence-corrected chi connectivity index (χ2v) is 5.53. The third-order valence-electron chi connectivity index (χ3n) is 2.28. The summed E-state index contributed by atoms with van der Waals surface area (Å²) in [6.45, 7) is 1.97. The number of hydrogen-bond donors (Lipinski definition) is 1. The zero-order valence-corrected chi connectivity index (χ0v) is 11.4. The van der Waals surface area contributed by atoms with E-state index in [1.165, 1.54) is 11.8 Å². The van der Waals surface area contributed by atoms with Crippen molar-refractivity contribution in [2.24, 2.45) is 4.99 Å². The fourth-order valence-electron chi connectivity index (χ4n) is 1.40. The minimum Gasteiger partial charge on any atom is -0.304 e. The predicted molar refractivity (Wildman–Crippen MR) is 73.4 cm³/mol. The topological polar surface area (TPSA) is 41.5 Å². The third kappa shape index (κ3) is 2.94. The van der Waals surface area contributed by atoms with Crippen LogP contribution in [0.15, 0.2) is 23.2 Å². The number of hydrogen-bond acceptors (Lipinski definition) is 3. The van der Waals surface area contributed by atoms with Gasteiger partial charge in [0, 0.05) is 0 Å². The van der Waals surface area contributed by atoms with Crippen LogP contribution in [0.25, 0.3) is 0 Å². The van der Waals surface area contributed by atoms with Crippen molar-refractivity contribution in [3.8, 4) is 0 Å². The van der Waals surface area contributed by atoms with Crippen LogP contribution >= 0.6 is 35.0 Å². The van der Waals surface area contributed by atoms with Crippen molar-refractivity contribution < 1.29 is 4.79 Å². The van der Waals surface area contributed by atoms with Gasteiger partial charge in [-0.15, -0.1) is 0 Å². The fraction of sp³-hybridized carbons (Fsp3) is 0.273. The van der Waals surface area contributed by atoms with Crippen molar-refractivity contribution in [1.29, 1.82) is 0 Å². The smallest absolute Gasteiger partial charge is 0.239 e. The minimum atomic E-state index is -0.0449. The Morgan fingerprint density at radius 1 is 1.41 bits per heavy atom. The van der Waals surface area contributed by atoms with Gasteiger partial charge in [-0.2, -0.15) is 0 Å². The largest absolute Gasteiger partial charge is 0.304 e. The lowest BCUT2D eigenvalue weighted by molar-refractivity contribution is -0.118. The Morgan fingerprint density at radius 2 is 2.18 bits per heavy atom. The van der Waals surface area contributed by atoms with Crippen LogP contribution in [0.2, 0.25) is 10.0 Å². The SMILES string of the molecule is CCC1SC(=Nc2ccc(Cl)c(Cl)c2)NC1=O. The second kappa shape index (κ2) is 5.29. The molecule has 1 atom stereocenters. The van der Waals surface area contributed by atoms with Crippen LogP contribution in [-0.4, -0.2) is 16.3 Å². The Kier molecular flexibility index (Phi) is 3.97. The third-order valence-corrected chi connectivity index (χ3v) is 4.27. The van der Waals surface area contributed by atoms with Crippen LogP contribution in [0.3, 0.4) is 0 Å². The normalized spacial score (nSPS) is 21.9. The summed E-state index contributed by atoms with van der Waals surface area (Å²) in [4.78, 5) is 15.8. The highest BCUT2D eigenvalue weighted by Crippen LogP contribution is 2.29. The number of amides is 1. The van der Waals surface area contributed by atoms with Crippen LogP contribution in [0, 0.1) is 0 Å². The summed E-state index contributed by atoms with van der Waals surface area (Å²) in [5.74, 6) is 0.0105. The lowest BCUT2D eigenvalue weighted by atomic mass is 10.3. The number of rotatable bonds is 2. The standard InChI is InChI=1S/C11H10Cl2N2OS/c1-2-9-10(16)15-11(17-9)14-6-3-4-7(12)8(13)5-6/h3-5,9H,2H2,1H3,(H,14,15,16). The molecule has 17 heavy (non-hydrogen) atoms. The highest BCUT2D eigenvalue weighted by atomic mass is 35.5. The zero-order chi connectivity index (χ0) is 12.4. The van der Waals surface area contributed by atoms with Gasteiger partial charge in [-0.3, -0.25) is 4.79 Å². The van der Waals surface area contributed by atoms with Crippen LogP contribution in [-0.2, 0) is 4.79 Å². The second-order valence-electron chi connectivity index (χ2n) is 3.52. The minimum absolute atomic E-state index is 0.0105. The number of amidine groups is 1. The molecule has 6 heteroatoms. The molecule has 1 unspecified atom stereocenters. The molecule has 2 rings (SSSR count). The molecule has 1 aliphatic heterocycles. The molecular weight excluding hydrogens is 279 g/mol. The van der Waals surface area contributed by atoms with Crippen molar-refractivity contribution in [3.05, 3.63) is 28.2 Å². The van der Waals surface area contributed by atoms with Crippen molar-refractivity contribution >= 4 is 51.7 Å². The Morgan fingerprint density at radius 3 is 2.76 bits per heavy atom. The predicted octanol–water partition coefficient (Wildman–Crippen LogP) is 3.62. The van der Waals surface area contributed by atoms with E-state index in [-0.39, 0.29) is 11.2 Å². The zero-order valence-electron chi connectivity index (χ0n) is 9.04. The first-order chi connectivity index (χ1) is 8.10. The summed E-state index contributed by atoms with van der Waals surface area (Å²) in [5, 5.41) is 4.25. The summed E-state index contributed by atoms with van der Waals surface area (Å²) in [6, 6.07) is 5.11. The molecule has 90 valence electrons. The van der Waals surface area contributed by atoms with Crippen LogP contribution in [0.4, 0.5) is 5.69 Å². The molecule has 1 saturated heterocycles. The van der Waals surface area contributed by atoms with Crippen molar-refractivity contribution in [1.82, 2.24) is 5.32 Å². The Labute approximate surface area is 114 Å². The van der Waals surface area contributed by atoms with E-state index in [2.05, 4.69) is 10.3 Å². The number of benzene rings is 1. The number of nitrogens with zero attached hydrogens (tertiary/aromatic N) is 1. The molecule has 1 heterocycles. The molecule has 3 nitrogen and oxygen atoms in total. The van der Waals surface area contributed by atoms with Gasteiger partial charge in [-0.25, -0.2) is 4.99 Å². The molecule has 0 saturated carbocycles. The van der Waals surface area contributed by atoms with E-state index < -0.39 is 0 Å². The highest BCUT2D eigenvalue weighted by molar-refractivity contribution is 8.15. The Bertz CT molecular complexity index is 490. The average molecular weight is 289 g/mol. The summed E-state index contributed by atoms with van der Waals surface area (Å²) in [5.41, 5.74) is 0.680. The molecule has 1 aromatic rings. The van der Waals surface area contributed by atoms with Crippen molar-refractivity contribution in [2.45, 2.75) is 18.6 Å². The van der Waals surface area contributed by atoms with Gasteiger partial charge in [0.25, 0.3) is 0 Å². The van der Waals surface area contributed by atoms with E-state index in [9.17, 15) is 4.79 Å². The quantitative estimate of drug-likeness (QED) is 0.903. The highest BCUT2D eigenvalue weighted by Gasteiger charge is 2.28. The number of carbonyl (C=O) groups is 1. The first kappa shape index (κ1) is 12.7. The number of carbonyl (C=O) groups excluding carboxylic acids is 1. The maximum atomic E-state index is 11.5. The van der Waals surface area contributed by atoms with Gasteiger partial charge in [0.05, 0.1) is 21.0 Å². The molecule has 1 fully saturated rings. The number of nitrogens with one attached hydrogen (secondary N) is 1. The van der Waals surface area contributed by atoms with Gasteiger partial charge in [-0.05, 0) is 24.6 Å². The number of thioether (sulfide) groups is 1. The van der Waals surface area contributed by atoms with Crippen molar-refractivity contribution in [3.63, 3.8) is 0 Å². The molecule has 1 amide bonds. The Hall–Kier alpha value is -0.710. The molecule has 1 aliphatic rings. The van der Waals surface area contributed by atoms with Crippen LogP contribution < -0.4 is 5.32 Å². The van der Waals surface area contributed by atoms with Gasteiger partial charge in [0.1, 0.15) is 0 Å². The molecular formula is C11H10Cl2N2OS. The van der Waals surface area contributed by atoms with E-state index in [1.807, 2.05) is 6.92 Å². The summed E-state index contributed by atoms with van der Waals surface area (Å²) < 4.78 is 0.